The minimum Gasteiger partial charge on any atom is -0.673 e. The SMILES string of the molecule is C=C(C)C1CCC(C)=CC1c1c(O)cc(CCCCC)cc1O.[Cl][PtH2].[NH-]C1CCCCC1N. The van der Waals surface area contributed by atoms with E-state index in [1.807, 2.05) is 19.1 Å². The molecule has 1 aromatic carbocycles. The summed E-state index contributed by atoms with van der Waals surface area (Å²) in [5.41, 5.74) is 17.1. The second-order valence-corrected chi connectivity index (χ2v) is 9.59. The molecular weight excluding hydrogens is 615 g/mol. The zero-order valence-corrected chi connectivity index (χ0v) is 23.8. The maximum absolute atomic E-state index is 10.5. The molecule has 0 spiro atoms. The van der Waals surface area contributed by atoms with E-state index in [9.17, 15) is 10.2 Å². The summed E-state index contributed by atoms with van der Waals surface area (Å²) in [6, 6.07) is 3.86. The molecule has 1 fully saturated rings. The van der Waals surface area contributed by atoms with E-state index < -0.39 is 0 Å². The van der Waals surface area contributed by atoms with Crippen LogP contribution in [0.1, 0.15) is 95.6 Å². The molecule has 1 saturated carbocycles. The van der Waals surface area contributed by atoms with Gasteiger partial charge in [-0.15, -0.1) is 6.04 Å². The number of aryl methyl sites for hydroxylation is 1. The first-order valence-corrected chi connectivity index (χ1v) is 15.4. The zero-order chi connectivity index (χ0) is 25.0. The number of phenols is 2. The van der Waals surface area contributed by atoms with Gasteiger partial charge in [0.2, 0.25) is 0 Å². The molecule has 0 radical (unpaired) electrons. The third kappa shape index (κ3) is 9.76. The van der Waals surface area contributed by atoms with Crippen LogP contribution in [0.15, 0.2) is 35.9 Å². The summed E-state index contributed by atoms with van der Waals surface area (Å²) < 4.78 is 0. The van der Waals surface area contributed by atoms with Crippen LogP contribution in [-0.4, -0.2) is 22.3 Å². The Morgan fingerprint density at radius 2 is 1.76 bits per heavy atom. The summed E-state index contributed by atoms with van der Waals surface area (Å²) in [6.45, 7) is 10.4. The predicted octanol–water partition coefficient (Wildman–Crippen LogP) is 7.31. The molecule has 33 heavy (non-hydrogen) atoms. The molecule has 6 heteroatoms. The fourth-order valence-electron chi connectivity index (χ4n) is 4.81. The average molecular weight is 660 g/mol. The Labute approximate surface area is 216 Å². The standard InChI is InChI=1S/C21H30O2.C6H13N2.ClH.Pt.2H/c1-5-6-7-8-16-12-19(22)21(20(23)13-16)18-11-15(4)9-10-17(18)14(2)3;7-5-3-1-2-4-6(5)8;;;;/h11-13,17-18,22-23H,2,5-10H2,1,3-4H3;5-7H,1-4,8H2;1H;;;/q;-1;;+1;;/p-1. The first-order chi connectivity index (χ1) is 15.7. The Hall–Kier alpha value is -0.802. The fourth-order valence-corrected chi connectivity index (χ4v) is 4.81. The van der Waals surface area contributed by atoms with E-state index in [4.69, 9.17) is 11.5 Å². The number of phenolic OH excluding ortho intramolecular Hbond substituents is 2. The first-order valence-electron chi connectivity index (χ1n) is 12.2. The molecule has 4 unspecified atom stereocenters. The average Bonchev–Trinajstić information content (AvgIpc) is 2.77. The van der Waals surface area contributed by atoms with Gasteiger partial charge in [-0.05, 0) is 75.6 Å². The fraction of sp³-hybridized carbons (Fsp3) is 0.630. The van der Waals surface area contributed by atoms with E-state index in [0.29, 0.717) is 5.56 Å². The van der Waals surface area contributed by atoms with Crippen molar-refractivity contribution in [1.82, 2.24) is 0 Å². The molecular formula is C27H45ClN2O2Pt-. The molecule has 3 rings (SSSR count). The smallest absolute Gasteiger partial charge is 0.0123 e. The number of nitrogens with two attached hydrogens (primary N) is 1. The summed E-state index contributed by atoms with van der Waals surface area (Å²) in [6.07, 6.45) is 13.1. The largest absolute Gasteiger partial charge is 0.673 e. The predicted molar refractivity (Wildman–Crippen MR) is 140 cm³/mol. The van der Waals surface area contributed by atoms with Crippen molar-refractivity contribution in [3.05, 3.63) is 52.8 Å². The van der Waals surface area contributed by atoms with Gasteiger partial charge in [0, 0.05) is 11.5 Å². The molecule has 2 aliphatic rings. The van der Waals surface area contributed by atoms with Gasteiger partial charge in [0.25, 0.3) is 0 Å². The van der Waals surface area contributed by atoms with Crippen LogP contribution in [0, 0.1) is 5.92 Å². The van der Waals surface area contributed by atoms with Gasteiger partial charge >= 0.3 is 28.2 Å². The Morgan fingerprint density at radius 3 is 2.24 bits per heavy atom. The Balaban J connectivity index is 0.000000454. The number of allylic oxidation sites excluding steroid dienone is 3. The van der Waals surface area contributed by atoms with Crippen LogP contribution in [0.5, 0.6) is 11.5 Å². The number of halogens is 1. The molecule has 2 aliphatic carbocycles. The molecule has 4 atom stereocenters. The maximum atomic E-state index is 10.5. The zero-order valence-electron chi connectivity index (χ0n) is 20.5. The van der Waals surface area contributed by atoms with Gasteiger partial charge in [-0.1, -0.05) is 62.8 Å². The van der Waals surface area contributed by atoms with Crippen molar-refractivity contribution in [2.75, 3.05) is 0 Å². The van der Waals surface area contributed by atoms with E-state index in [0.717, 1.165) is 49.7 Å². The van der Waals surface area contributed by atoms with Crippen molar-refractivity contribution in [1.29, 1.82) is 0 Å². The van der Waals surface area contributed by atoms with Crippen LogP contribution < -0.4 is 5.73 Å². The molecule has 1 aromatic rings. The number of nitrogens with one attached hydrogen (secondary N) is 1. The summed E-state index contributed by atoms with van der Waals surface area (Å²) in [5.74, 6) is 0.741. The second kappa shape index (κ2) is 16.0. The van der Waals surface area contributed by atoms with Crippen molar-refractivity contribution >= 4 is 9.42 Å². The Kier molecular flexibility index (Phi) is 14.6. The number of hydrogen-bond acceptors (Lipinski definition) is 3. The molecule has 5 N–H and O–H groups in total. The topological polar surface area (TPSA) is 90.3 Å². The Morgan fingerprint density at radius 1 is 1.15 bits per heavy atom. The number of rotatable bonds is 6. The quantitative estimate of drug-likeness (QED) is 0.221. The summed E-state index contributed by atoms with van der Waals surface area (Å²) in [7, 11) is 4.67. The molecule has 0 amide bonds. The molecule has 0 aromatic heterocycles. The normalized spacial score (nSPS) is 24.5. The van der Waals surface area contributed by atoms with E-state index in [-0.39, 0.29) is 35.4 Å². The van der Waals surface area contributed by atoms with Crippen LogP contribution in [0.3, 0.4) is 0 Å². The Bertz CT molecular complexity index is 735. The van der Waals surface area contributed by atoms with Gasteiger partial charge < -0.3 is 21.7 Å². The second-order valence-electron chi connectivity index (χ2n) is 9.59. The van der Waals surface area contributed by atoms with Crippen LogP contribution in [-0.2, 0) is 25.2 Å². The van der Waals surface area contributed by atoms with E-state index in [1.54, 1.807) is 0 Å². The van der Waals surface area contributed by atoms with Crippen molar-refractivity contribution in [2.45, 2.75) is 103 Å². The third-order valence-corrected chi connectivity index (χ3v) is 6.80. The minimum absolute atomic E-state index is 0.0194. The minimum atomic E-state index is 0.0194. The van der Waals surface area contributed by atoms with Gasteiger partial charge in [0.15, 0.2) is 0 Å². The summed E-state index contributed by atoms with van der Waals surface area (Å²) in [4.78, 5) is 0. The number of benzene rings is 1. The molecule has 0 bridgehead atoms. The van der Waals surface area contributed by atoms with Crippen molar-refractivity contribution in [3.63, 3.8) is 0 Å². The number of hydrogen-bond donors (Lipinski definition) is 3. The van der Waals surface area contributed by atoms with Gasteiger partial charge in [0.05, 0.1) is 0 Å². The molecule has 193 valence electrons. The van der Waals surface area contributed by atoms with Gasteiger partial charge in [-0.25, -0.2) is 0 Å². The van der Waals surface area contributed by atoms with E-state index in [1.165, 1.54) is 50.0 Å². The molecule has 0 heterocycles. The van der Waals surface area contributed by atoms with Crippen molar-refractivity contribution < 1.29 is 29.0 Å². The van der Waals surface area contributed by atoms with E-state index in [2.05, 4.69) is 35.9 Å². The maximum Gasteiger partial charge on any atom is -0.0123 e. The van der Waals surface area contributed by atoms with Crippen LogP contribution in [0.4, 0.5) is 0 Å². The van der Waals surface area contributed by atoms with Crippen molar-refractivity contribution in [3.8, 4) is 11.5 Å². The van der Waals surface area contributed by atoms with Crippen LogP contribution >= 0.6 is 9.42 Å². The molecule has 4 nitrogen and oxygen atoms in total. The van der Waals surface area contributed by atoms with Crippen LogP contribution in [0.25, 0.3) is 5.73 Å². The van der Waals surface area contributed by atoms with Gasteiger partial charge in [-0.2, -0.15) is 0 Å². The molecule has 0 aliphatic heterocycles. The summed E-state index contributed by atoms with van der Waals surface area (Å²) in [5, 5.41) is 21.1. The summed E-state index contributed by atoms with van der Waals surface area (Å²) >= 11 is 1.33. The van der Waals surface area contributed by atoms with Crippen molar-refractivity contribution in [2.24, 2.45) is 11.7 Å². The number of unbranched alkanes of at least 4 members (excludes halogenated alkanes) is 2. The monoisotopic (exact) mass is 659 g/mol. The first kappa shape index (κ1) is 30.2. The van der Waals surface area contributed by atoms with Crippen LogP contribution in [0.2, 0.25) is 0 Å². The van der Waals surface area contributed by atoms with E-state index >= 15 is 0 Å². The number of aromatic hydroxyl groups is 2. The third-order valence-electron chi connectivity index (χ3n) is 6.80. The van der Waals surface area contributed by atoms with Gasteiger partial charge in [-0.3, -0.25) is 0 Å². The van der Waals surface area contributed by atoms with Gasteiger partial charge in [0.1, 0.15) is 11.5 Å². The molecule has 0 saturated heterocycles.